The van der Waals surface area contributed by atoms with Crippen molar-refractivity contribution in [2.24, 2.45) is 0 Å². The van der Waals surface area contributed by atoms with E-state index in [-0.39, 0.29) is 26.1 Å². The van der Waals surface area contributed by atoms with E-state index in [0.717, 1.165) is 11.1 Å². The number of hydrogen-bond donors (Lipinski definition) is 2. The average molecular weight is 550 g/mol. The minimum Gasteiger partial charge on any atom is -0.467 e. The molecule has 2 aromatic carbocycles. The van der Waals surface area contributed by atoms with E-state index in [1.165, 1.54) is 14.2 Å². The summed E-state index contributed by atoms with van der Waals surface area (Å²) in [5.74, 6) is -1.36. The second-order valence-corrected chi connectivity index (χ2v) is 8.59. The fraction of sp³-hybridized carbons (Fsp3) is 0.276. The second-order valence-electron chi connectivity index (χ2n) is 8.59. The van der Waals surface area contributed by atoms with Crippen molar-refractivity contribution in [3.63, 3.8) is 0 Å². The molecule has 0 spiro atoms. The summed E-state index contributed by atoms with van der Waals surface area (Å²) < 4.78 is 20.1. The number of pyridine rings is 1. The highest BCUT2D eigenvalue weighted by Gasteiger charge is 2.26. The van der Waals surface area contributed by atoms with Crippen molar-refractivity contribution in [2.45, 2.75) is 38.1 Å². The zero-order valence-electron chi connectivity index (χ0n) is 22.2. The first-order valence-electron chi connectivity index (χ1n) is 12.4. The summed E-state index contributed by atoms with van der Waals surface area (Å²) in [6, 6.07) is 21.1. The number of ether oxygens (including phenoxy) is 4. The molecule has 3 rings (SSSR count). The molecule has 3 aromatic rings. The van der Waals surface area contributed by atoms with Crippen LogP contribution in [0.2, 0.25) is 0 Å². The van der Waals surface area contributed by atoms with E-state index in [0.29, 0.717) is 11.4 Å². The molecule has 1 aromatic heterocycles. The number of esters is 2. The van der Waals surface area contributed by atoms with Crippen molar-refractivity contribution in [2.75, 3.05) is 14.2 Å². The minimum atomic E-state index is -1.07. The topological polar surface area (TPSA) is 142 Å². The molecular formula is C29H31N3O8. The largest absolute Gasteiger partial charge is 0.467 e. The monoisotopic (exact) mass is 549 g/mol. The van der Waals surface area contributed by atoms with Gasteiger partial charge < -0.3 is 29.6 Å². The number of amides is 2. The zero-order valence-corrected chi connectivity index (χ0v) is 22.2. The normalized spacial score (nSPS) is 11.8. The summed E-state index contributed by atoms with van der Waals surface area (Å²) in [6.45, 7) is 0.0635. The first kappa shape index (κ1) is 29.6. The fourth-order valence-corrected chi connectivity index (χ4v) is 3.66. The first-order chi connectivity index (χ1) is 19.4. The van der Waals surface area contributed by atoms with E-state index in [9.17, 15) is 19.2 Å². The lowest BCUT2D eigenvalue weighted by atomic mass is 10.1. The molecule has 2 N–H and O–H groups in total. The maximum absolute atomic E-state index is 12.4. The molecule has 11 nitrogen and oxygen atoms in total. The second kappa shape index (κ2) is 15.5. The minimum absolute atomic E-state index is 0.00358. The molecule has 2 amide bonds. The van der Waals surface area contributed by atoms with Crippen LogP contribution in [0.1, 0.15) is 22.5 Å². The number of rotatable bonds is 12. The molecule has 0 saturated heterocycles. The van der Waals surface area contributed by atoms with Gasteiger partial charge >= 0.3 is 24.1 Å². The van der Waals surface area contributed by atoms with E-state index in [1.807, 2.05) is 36.4 Å². The molecule has 0 bridgehead atoms. The predicted molar refractivity (Wildman–Crippen MR) is 143 cm³/mol. The van der Waals surface area contributed by atoms with Crippen LogP contribution in [0.15, 0.2) is 78.9 Å². The molecule has 0 radical (unpaired) electrons. The van der Waals surface area contributed by atoms with Crippen LogP contribution >= 0.6 is 0 Å². The van der Waals surface area contributed by atoms with Gasteiger partial charge in [-0.15, -0.1) is 0 Å². The predicted octanol–water partition coefficient (Wildman–Crippen LogP) is 3.10. The van der Waals surface area contributed by atoms with Gasteiger partial charge in [-0.2, -0.15) is 0 Å². The van der Waals surface area contributed by atoms with Gasteiger partial charge in [0.15, 0.2) is 0 Å². The van der Waals surface area contributed by atoms with Crippen LogP contribution < -0.4 is 10.6 Å². The van der Waals surface area contributed by atoms with Gasteiger partial charge in [-0.1, -0.05) is 66.7 Å². The van der Waals surface area contributed by atoms with E-state index in [2.05, 4.69) is 15.6 Å². The fourth-order valence-electron chi connectivity index (χ4n) is 3.66. The van der Waals surface area contributed by atoms with Gasteiger partial charge in [0.05, 0.1) is 14.2 Å². The third-order valence-corrected chi connectivity index (χ3v) is 5.67. The van der Waals surface area contributed by atoms with Gasteiger partial charge in [-0.3, -0.25) is 4.98 Å². The van der Waals surface area contributed by atoms with E-state index in [4.69, 9.17) is 18.9 Å². The highest BCUT2D eigenvalue weighted by molar-refractivity contribution is 5.82. The van der Waals surface area contributed by atoms with Crippen LogP contribution in [0.4, 0.5) is 9.59 Å². The number of carbonyl (C=O) groups is 4. The molecule has 0 aliphatic rings. The summed E-state index contributed by atoms with van der Waals surface area (Å²) in [5.41, 5.74) is 2.46. The summed E-state index contributed by atoms with van der Waals surface area (Å²) in [7, 11) is 2.42. The molecule has 0 aliphatic carbocycles. The Morgan fingerprint density at radius 1 is 0.625 bits per heavy atom. The molecule has 11 heteroatoms. The number of carbonyl (C=O) groups excluding carboxylic acids is 4. The number of nitrogens with zero attached hydrogens (tertiary/aromatic N) is 1. The van der Waals surface area contributed by atoms with Crippen molar-refractivity contribution >= 4 is 24.1 Å². The molecule has 210 valence electrons. The lowest BCUT2D eigenvalue weighted by molar-refractivity contribution is -0.143. The summed E-state index contributed by atoms with van der Waals surface area (Å²) in [5, 5.41) is 5.01. The molecule has 1 heterocycles. The van der Waals surface area contributed by atoms with Crippen LogP contribution in [0.25, 0.3) is 0 Å². The Kier molecular flexibility index (Phi) is 11.5. The molecule has 0 unspecified atom stereocenters. The SMILES string of the molecule is COC(=O)[C@H](Cc1cccc(C[C@H](NC(=O)OCc2ccccc2)C(=O)OC)n1)NC(=O)OCc1ccccc1. The average Bonchev–Trinajstić information content (AvgIpc) is 2.98. The van der Waals surface area contributed by atoms with Crippen molar-refractivity contribution < 1.29 is 38.1 Å². The molecule has 40 heavy (non-hydrogen) atoms. The van der Waals surface area contributed by atoms with Crippen molar-refractivity contribution in [1.29, 1.82) is 0 Å². The highest BCUT2D eigenvalue weighted by Crippen LogP contribution is 2.09. The van der Waals surface area contributed by atoms with Gasteiger partial charge in [-0.05, 0) is 23.3 Å². The Balaban J connectivity index is 1.61. The van der Waals surface area contributed by atoms with Crippen LogP contribution in [0.5, 0.6) is 0 Å². The van der Waals surface area contributed by atoms with Crippen LogP contribution in [0.3, 0.4) is 0 Å². The van der Waals surface area contributed by atoms with E-state index in [1.54, 1.807) is 42.5 Å². The van der Waals surface area contributed by atoms with Crippen molar-refractivity contribution in [3.05, 3.63) is 101 Å². The molecule has 0 fully saturated rings. The number of hydrogen-bond acceptors (Lipinski definition) is 9. The maximum atomic E-state index is 12.4. The molecule has 2 atom stereocenters. The molecule has 0 aliphatic heterocycles. The third-order valence-electron chi connectivity index (χ3n) is 5.67. The Morgan fingerprint density at radius 3 is 1.40 bits per heavy atom. The Bertz CT molecular complexity index is 1180. The number of benzene rings is 2. The van der Waals surface area contributed by atoms with Gasteiger partial charge in [0.25, 0.3) is 0 Å². The Labute approximate surface area is 231 Å². The van der Waals surface area contributed by atoms with Crippen LogP contribution in [-0.2, 0) is 54.6 Å². The van der Waals surface area contributed by atoms with Crippen LogP contribution in [0, 0.1) is 0 Å². The molecular weight excluding hydrogens is 518 g/mol. The van der Waals surface area contributed by atoms with E-state index >= 15 is 0 Å². The van der Waals surface area contributed by atoms with Crippen molar-refractivity contribution in [1.82, 2.24) is 15.6 Å². The van der Waals surface area contributed by atoms with Gasteiger partial charge in [0.1, 0.15) is 25.3 Å². The van der Waals surface area contributed by atoms with Crippen LogP contribution in [-0.4, -0.2) is 55.4 Å². The summed E-state index contributed by atoms with van der Waals surface area (Å²) in [4.78, 5) is 53.9. The number of nitrogens with one attached hydrogen (secondary N) is 2. The third kappa shape index (κ3) is 9.75. The molecule has 0 saturated carbocycles. The number of methoxy groups -OCH3 is 2. The maximum Gasteiger partial charge on any atom is 0.408 e. The van der Waals surface area contributed by atoms with Gasteiger partial charge in [0, 0.05) is 24.2 Å². The first-order valence-corrected chi connectivity index (χ1v) is 12.4. The zero-order chi connectivity index (χ0) is 28.7. The smallest absolute Gasteiger partial charge is 0.408 e. The van der Waals surface area contributed by atoms with E-state index < -0.39 is 36.2 Å². The lowest BCUT2D eigenvalue weighted by Crippen LogP contribution is -2.44. The van der Waals surface area contributed by atoms with Gasteiger partial charge in [-0.25, -0.2) is 19.2 Å². The Morgan fingerprint density at radius 2 is 1.02 bits per heavy atom. The number of aromatic nitrogens is 1. The summed E-state index contributed by atoms with van der Waals surface area (Å²) in [6.07, 6.45) is -1.59. The lowest BCUT2D eigenvalue weighted by Gasteiger charge is -2.18. The number of alkyl carbamates (subject to hydrolysis) is 2. The quantitative estimate of drug-likeness (QED) is 0.257. The Hall–Kier alpha value is -4.93. The van der Waals surface area contributed by atoms with Crippen molar-refractivity contribution in [3.8, 4) is 0 Å². The van der Waals surface area contributed by atoms with Gasteiger partial charge in [0.2, 0.25) is 0 Å². The standard InChI is InChI=1S/C29H31N3O8/c1-37-26(33)24(31-28(35)39-18-20-10-5-3-6-11-20)16-22-14-9-15-23(30-22)17-25(27(34)38-2)32-29(36)40-19-21-12-7-4-8-13-21/h3-15,24-25H,16-19H2,1-2H3,(H,31,35)(H,32,36)/t24-,25-/m0/s1. The highest BCUT2D eigenvalue weighted by atomic mass is 16.6. The summed E-state index contributed by atoms with van der Waals surface area (Å²) >= 11 is 0.